The lowest BCUT2D eigenvalue weighted by Crippen LogP contribution is -2.02. The lowest BCUT2D eigenvalue weighted by atomic mass is 10.3. The van der Waals surface area contributed by atoms with Crippen molar-refractivity contribution in [3.05, 3.63) is 48.3 Å². The van der Waals surface area contributed by atoms with Gasteiger partial charge in [0.2, 0.25) is 0 Å². The second kappa shape index (κ2) is 3.95. The van der Waals surface area contributed by atoms with Crippen LogP contribution in [0.15, 0.2) is 42.6 Å². The molecule has 0 fully saturated rings. The molecule has 0 unspecified atom stereocenters. The molecule has 0 atom stereocenters. The van der Waals surface area contributed by atoms with Gasteiger partial charge in [0.05, 0.1) is 23.1 Å². The molecule has 5 heteroatoms. The Labute approximate surface area is 97.9 Å². The number of aromatic nitrogens is 4. The van der Waals surface area contributed by atoms with Crippen LogP contribution in [-0.4, -0.2) is 20.0 Å². The highest BCUT2D eigenvalue weighted by atomic mass is 15.4. The van der Waals surface area contributed by atoms with E-state index in [-0.39, 0.29) is 0 Å². The average molecular weight is 225 g/mol. The van der Waals surface area contributed by atoms with Gasteiger partial charge in [-0.05, 0) is 24.3 Å². The van der Waals surface area contributed by atoms with Crippen molar-refractivity contribution in [2.75, 3.05) is 0 Å². The highest BCUT2D eigenvalue weighted by molar-refractivity contribution is 5.75. The summed E-state index contributed by atoms with van der Waals surface area (Å²) in [6, 6.07) is 11.6. The number of nitrogens with zero attached hydrogens (tertiary/aromatic N) is 4. The smallest absolute Gasteiger partial charge is 0.113 e. The quantitative estimate of drug-likeness (QED) is 0.713. The van der Waals surface area contributed by atoms with Crippen LogP contribution in [0.2, 0.25) is 0 Å². The van der Waals surface area contributed by atoms with E-state index in [0.29, 0.717) is 6.54 Å². The van der Waals surface area contributed by atoms with Crippen LogP contribution < -0.4 is 5.73 Å². The van der Waals surface area contributed by atoms with Crippen LogP contribution in [0, 0.1) is 0 Å². The molecule has 0 bridgehead atoms. The first-order valence-electron chi connectivity index (χ1n) is 5.34. The molecule has 17 heavy (non-hydrogen) atoms. The zero-order chi connectivity index (χ0) is 11.7. The number of fused-ring (bicyclic) bond motifs is 1. The molecule has 3 rings (SSSR count). The van der Waals surface area contributed by atoms with E-state index in [1.54, 1.807) is 10.9 Å². The lowest BCUT2D eigenvalue weighted by molar-refractivity contribution is 0.816. The molecule has 0 amide bonds. The maximum absolute atomic E-state index is 5.51. The van der Waals surface area contributed by atoms with E-state index in [0.717, 1.165) is 22.4 Å². The van der Waals surface area contributed by atoms with Gasteiger partial charge in [0.1, 0.15) is 5.52 Å². The fourth-order valence-corrected chi connectivity index (χ4v) is 1.72. The summed E-state index contributed by atoms with van der Waals surface area (Å²) in [4.78, 5) is 4.25. The predicted molar refractivity (Wildman–Crippen MR) is 64.6 cm³/mol. The minimum atomic E-state index is 0.443. The zero-order valence-electron chi connectivity index (χ0n) is 9.11. The number of hydrogen-bond donors (Lipinski definition) is 1. The first-order chi connectivity index (χ1) is 8.38. The molecule has 0 aliphatic carbocycles. The summed E-state index contributed by atoms with van der Waals surface area (Å²) < 4.78 is 1.77. The van der Waals surface area contributed by atoms with Crippen molar-refractivity contribution in [2.24, 2.45) is 5.73 Å². The molecule has 5 nitrogen and oxygen atoms in total. The predicted octanol–water partition coefficient (Wildman–Crippen LogP) is 1.27. The van der Waals surface area contributed by atoms with E-state index in [1.165, 1.54) is 0 Å². The molecule has 0 radical (unpaired) electrons. The van der Waals surface area contributed by atoms with Crippen LogP contribution >= 0.6 is 0 Å². The Kier molecular flexibility index (Phi) is 2.31. The van der Waals surface area contributed by atoms with Crippen molar-refractivity contribution in [3.63, 3.8) is 0 Å². The topological polar surface area (TPSA) is 69.6 Å². The summed E-state index contributed by atoms with van der Waals surface area (Å²) in [5.74, 6) is 0. The summed E-state index contributed by atoms with van der Waals surface area (Å²) in [7, 11) is 0. The maximum atomic E-state index is 5.51. The van der Waals surface area contributed by atoms with Crippen LogP contribution in [0.25, 0.3) is 16.7 Å². The Morgan fingerprint density at radius 3 is 2.76 bits per heavy atom. The van der Waals surface area contributed by atoms with Crippen molar-refractivity contribution in [3.8, 4) is 5.69 Å². The van der Waals surface area contributed by atoms with Crippen LogP contribution in [0.5, 0.6) is 0 Å². The lowest BCUT2D eigenvalue weighted by Gasteiger charge is -2.02. The van der Waals surface area contributed by atoms with E-state index in [2.05, 4.69) is 15.3 Å². The summed E-state index contributed by atoms with van der Waals surface area (Å²) in [6.45, 7) is 0.443. The van der Waals surface area contributed by atoms with Crippen molar-refractivity contribution in [2.45, 2.75) is 6.54 Å². The molecule has 1 aromatic carbocycles. The van der Waals surface area contributed by atoms with Crippen molar-refractivity contribution in [1.82, 2.24) is 20.0 Å². The molecule has 84 valence electrons. The minimum absolute atomic E-state index is 0.443. The Balaban J connectivity index is 2.13. The summed E-state index contributed by atoms with van der Waals surface area (Å²) >= 11 is 0. The van der Waals surface area contributed by atoms with Crippen LogP contribution in [0.3, 0.4) is 0 Å². The minimum Gasteiger partial charge on any atom is -0.325 e. The largest absolute Gasteiger partial charge is 0.325 e. The molecule has 0 aliphatic heterocycles. The second-order valence-corrected chi connectivity index (χ2v) is 3.70. The molecule has 2 aromatic heterocycles. The summed E-state index contributed by atoms with van der Waals surface area (Å²) in [6.07, 6.45) is 1.75. The number of rotatable bonds is 2. The molecule has 2 heterocycles. The van der Waals surface area contributed by atoms with Gasteiger partial charge in [-0.15, -0.1) is 5.10 Å². The molecule has 2 N–H and O–H groups in total. The third-order valence-electron chi connectivity index (χ3n) is 2.61. The van der Waals surface area contributed by atoms with Gasteiger partial charge in [-0.3, -0.25) is 4.98 Å². The normalized spacial score (nSPS) is 10.9. The molecule has 0 aliphatic rings. The first kappa shape index (κ1) is 9.92. The number of benzene rings is 1. The van der Waals surface area contributed by atoms with Gasteiger partial charge in [0.15, 0.2) is 0 Å². The van der Waals surface area contributed by atoms with Gasteiger partial charge in [-0.25, -0.2) is 4.68 Å². The SMILES string of the molecule is NCc1ccc(-n2nnc3ccccc32)cn1. The third kappa shape index (κ3) is 1.66. The van der Waals surface area contributed by atoms with Gasteiger partial charge < -0.3 is 5.73 Å². The number of hydrogen-bond acceptors (Lipinski definition) is 4. The molecule has 0 saturated carbocycles. The molecular weight excluding hydrogens is 214 g/mol. The third-order valence-corrected chi connectivity index (χ3v) is 2.61. The van der Waals surface area contributed by atoms with Crippen LogP contribution in [0.1, 0.15) is 5.69 Å². The summed E-state index contributed by atoms with van der Waals surface area (Å²) in [5.41, 5.74) is 9.09. The number of pyridine rings is 1. The van der Waals surface area contributed by atoms with Crippen LogP contribution in [-0.2, 0) is 6.54 Å². The second-order valence-electron chi connectivity index (χ2n) is 3.70. The summed E-state index contributed by atoms with van der Waals surface area (Å²) in [5, 5.41) is 8.21. The van der Waals surface area contributed by atoms with E-state index >= 15 is 0 Å². The zero-order valence-corrected chi connectivity index (χ0v) is 9.11. The van der Waals surface area contributed by atoms with Crippen molar-refractivity contribution < 1.29 is 0 Å². The van der Waals surface area contributed by atoms with E-state index in [1.807, 2.05) is 36.4 Å². The monoisotopic (exact) mass is 225 g/mol. The van der Waals surface area contributed by atoms with E-state index < -0.39 is 0 Å². The fourth-order valence-electron chi connectivity index (χ4n) is 1.72. The fraction of sp³-hybridized carbons (Fsp3) is 0.0833. The van der Waals surface area contributed by atoms with Crippen molar-refractivity contribution in [1.29, 1.82) is 0 Å². The van der Waals surface area contributed by atoms with Gasteiger partial charge in [0.25, 0.3) is 0 Å². The molecular formula is C12H11N5. The Hall–Kier alpha value is -2.27. The number of nitrogens with two attached hydrogens (primary N) is 1. The molecule has 0 spiro atoms. The highest BCUT2D eigenvalue weighted by Gasteiger charge is 2.05. The Bertz CT molecular complexity index is 641. The van der Waals surface area contributed by atoms with Gasteiger partial charge in [-0.1, -0.05) is 17.3 Å². The average Bonchev–Trinajstić information content (AvgIpc) is 2.83. The Morgan fingerprint density at radius 1 is 1.12 bits per heavy atom. The highest BCUT2D eigenvalue weighted by Crippen LogP contribution is 2.15. The van der Waals surface area contributed by atoms with Gasteiger partial charge in [-0.2, -0.15) is 0 Å². The van der Waals surface area contributed by atoms with E-state index in [4.69, 9.17) is 5.73 Å². The van der Waals surface area contributed by atoms with Crippen LogP contribution in [0.4, 0.5) is 0 Å². The Morgan fingerprint density at radius 2 is 2.00 bits per heavy atom. The molecule has 3 aromatic rings. The first-order valence-corrected chi connectivity index (χ1v) is 5.34. The van der Waals surface area contributed by atoms with E-state index in [9.17, 15) is 0 Å². The van der Waals surface area contributed by atoms with Crippen molar-refractivity contribution >= 4 is 11.0 Å². The molecule has 0 saturated heterocycles. The maximum Gasteiger partial charge on any atom is 0.113 e. The number of para-hydroxylation sites is 1. The van der Waals surface area contributed by atoms with Gasteiger partial charge in [0, 0.05) is 6.54 Å². The standard InChI is InChI=1S/C12H11N5/c13-7-9-5-6-10(8-14-9)17-12-4-2-1-3-11(12)15-16-17/h1-6,8H,7,13H2. The van der Waals surface area contributed by atoms with Gasteiger partial charge >= 0.3 is 0 Å².